The number of carboxylic acid groups (broad SMARTS) is 1. The van der Waals surface area contributed by atoms with Crippen molar-refractivity contribution < 1.29 is 28.9 Å². The number of carbonyl (C=O) groups excluding carboxylic acids is 1. The zero-order valence-corrected chi connectivity index (χ0v) is 11.0. The standard InChI is InChI=1S/C12H19NO6/c1-12(2)17-6-7(19-12)5-13-10(14)8-3-4-9(18-8)11(15)16/h7-9H,3-6H2,1-2H3,(H,13,14)(H,15,16). The van der Waals surface area contributed by atoms with Crippen LogP contribution in [0.5, 0.6) is 0 Å². The molecule has 108 valence electrons. The monoisotopic (exact) mass is 273 g/mol. The van der Waals surface area contributed by atoms with E-state index in [1.165, 1.54) is 0 Å². The second-order valence-corrected chi connectivity index (χ2v) is 5.22. The first-order valence-corrected chi connectivity index (χ1v) is 6.35. The maximum atomic E-state index is 11.8. The second-order valence-electron chi connectivity index (χ2n) is 5.22. The topological polar surface area (TPSA) is 94.1 Å². The smallest absolute Gasteiger partial charge is 0.332 e. The molecule has 0 saturated carbocycles. The molecule has 0 aromatic heterocycles. The molecule has 2 rings (SSSR count). The molecule has 7 nitrogen and oxygen atoms in total. The zero-order chi connectivity index (χ0) is 14.0. The maximum absolute atomic E-state index is 11.8. The number of carboxylic acids is 1. The van der Waals surface area contributed by atoms with Crippen LogP contribution in [-0.4, -0.2) is 54.2 Å². The van der Waals surface area contributed by atoms with Crippen molar-refractivity contribution >= 4 is 11.9 Å². The molecule has 1 amide bonds. The molecular formula is C12H19NO6. The maximum Gasteiger partial charge on any atom is 0.332 e. The Kier molecular flexibility index (Phi) is 4.07. The van der Waals surface area contributed by atoms with Crippen molar-refractivity contribution in [1.29, 1.82) is 0 Å². The van der Waals surface area contributed by atoms with Crippen LogP contribution in [0.25, 0.3) is 0 Å². The second kappa shape index (κ2) is 5.44. The Morgan fingerprint density at radius 3 is 2.53 bits per heavy atom. The largest absolute Gasteiger partial charge is 0.479 e. The highest BCUT2D eigenvalue weighted by Gasteiger charge is 2.36. The molecule has 2 aliphatic heterocycles. The molecule has 0 aliphatic carbocycles. The molecule has 3 unspecified atom stereocenters. The van der Waals surface area contributed by atoms with Gasteiger partial charge in [-0.1, -0.05) is 0 Å². The van der Waals surface area contributed by atoms with Gasteiger partial charge in [0.1, 0.15) is 12.2 Å². The van der Waals surface area contributed by atoms with E-state index >= 15 is 0 Å². The van der Waals surface area contributed by atoms with E-state index in [4.69, 9.17) is 19.3 Å². The summed E-state index contributed by atoms with van der Waals surface area (Å²) in [7, 11) is 0. The van der Waals surface area contributed by atoms with Gasteiger partial charge in [-0.2, -0.15) is 0 Å². The minimum atomic E-state index is -1.02. The lowest BCUT2D eigenvalue weighted by Crippen LogP contribution is -2.40. The van der Waals surface area contributed by atoms with Crippen molar-refractivity contribution in [3.63, 3.8) is 0 Å². The third-order valence-corrected chi connectivity index (χ3v) is 3.16. The van der Waals surface area contributed by atoms with Crippen molar-refractivity contribution in [3.05, 3.63) is 0 Å². The summed E-state index contributed by atoms with van der Waals surface area (Å²) in [5.41, 5.74) is 0. The van der Waals surface area contributed by atoms with Gasteiger partial charge in [0.15, 0.2) is 11.9 Å². The molecule has 3 atom stereocenters. The SMILES string of the molecule is CC1(C)OCC(CNC(=O)C2CCC(C(=O)O)O2)O1. The van der Waals surface area contributed by atoms with E-state index in [1.807, 2.05) is 13.8 Å². The Hall–Kier alpha value is -1.18. The average molecular weight is 273 g/mol. The van der Waals surface area contributed by atoms with E-state index in [0.717, 1.165) is 0 Å². The molecule has 0 aromatic carbocycles. The quantitative estimate of drug-likeness (QED) is 0.742. The first kappa shape index (κ1) is 14.2. The van der Waals surface area contributed by atoms with E-state index in [-0.39, 0.29) is 12.0 Å². The summed E-state index contributed by atoms with van der Waals surface area (Å²) in [5.74, 6) is -1.94. The number of amides is 1. The number of nitrogens with one attached hydrogen (secondary N) is 1. The van der Waals surface area contributed by atoms with Crippen LogP contribution in [0.1, 0.15) is 26.7 Å². The third-order valence-electron chi connectivity index (χ3n) is 3.16. The lowest BCUT2D eigenvalue weighted by molar-refractivity contribution is -0.152. The number of ether oxygens (including phenoxy) is 3. The average Bonchev–Trinajstić information content (AvgIpc) is 2.92. The zero-order valence-electron chi connectivity index (χ0n) is 11.0. The fourth-order valence-corrected chi connectivity index (χ4v) is 2.20. The van der Waals surface area contributed by atoms with E-state index in [1.54, 1.807) is 0 Å². The first-order chi connectivity index (χ1) is 8.87. The van der Waals surface area contributed by atoms with Crippen LogP contribution in [-0.2, 0) is 23.8 Å². The molecule has 2 fully saturated rings. The lowest BCUT2D eigenvalue weighted by Gasteiger charge is -2.18. The number of rotatable bonds is 4. The van der Waals surface area contributed by atoms with E-state index in [0.29, 0.717) is 26.0 Å². The minimum Gasteiger partial charge on any atom is -0.479 e. The Labute approximate surface area is 111 Å². The Bertz CT molecular complexity index is 369. The van der Waals surface area contributed by atoms with Crippen molar-refractivity contribution in [3.8, 4) is 0 Å². The predicted octanol–water partition coefficient (Wildman–Crippen LogP) is -0.114. The summed E-state index contributed by atoms with van der Waals surface area (Å²) in [5, 5.41) is 11.5. The molecule has 0 radical (unpaired) electrons. The van der Waals surface area contributed by atoms with Gasteiger partial charge in [-0.3, -0.25) is 4.79 Å². The molecule has 2 saturated heterocycles. The highest BCUT2D eigenvalue weighted by Crippen LogP contribution is 2.22. The number of aliphatic carboxylic acids is 1. The molecule has 2 N–H and O–H groups in total. The van der Waals surface area contributed by atoms with Gasteiger partial charge in [0.05, 0.1) is 6.61 Å². The van der Waals surface area contributed by atoms with E-state index < -0.39 is 24.0 Å². The first-order valence-electron chi connectivity index (χ1n) is 6.35. The van der Waals surface area contributed by atoms with Gasteiger partial charge in [-0.15, -0.1) is 0 Å². The molecule has 19 heavy (non-hydrogen) atoms. The summed E-state index contributed by atoms with van der Waals surface area (Å²) in [6.07, 6.45) is -0.951. The van der Waals surface area contributed by atoms with Gasteiger partial charge in [0, 0.05) is 6.54 Å². The van der Waals surface area contributed by atoms with Crippen molar-refractivity contribution in [1.82, 2.24) is 5.32 Å². The summed E-state index contributed by atoms with van der Waals surface area (Å²) < 4.78 is 16.1. The van der Waals surface area contributed by atoms with Crippen LogP contribution in [0.2, 0.25) is 0 Å². The van der Waals surface area contributed by atoms with Crippen LogP contribution < -0.4 is 5.32 Å². The fourth-order valence-electron chi connectivity index (χ4n) is 2.20. The van der Waals surface area contributed by atoms with E-state index in [2.05, 4.69) is 5.32 Å². The number of hydrogen-bond acceptors (Lipinski definition) is 5. The highest BCUT2D eigenvalue weighted by atomic mass is 16.7. The molecule has 2 heterocycles. The van der Waals surface area contributed by atoms with Crippen molar-refractivity contribution in [2.75, 3.05) is 13.2 Å². The minimum absolute atomic E-state index is 0.185. The fraction of sp³-hybridized carbons (Fsp3) is 0.833. The van der Waals surface area contributed by atoms with Crippen LogP contribution in [0.4, 0.5) is 0 Å². The van der Waals surface area contributed by atoms with Gasteiger partial charge in [-0.25, -0.2) is 4.79 Å². The number of hydrogen-bond donors (Lipinski definition) is 2. The normalized spacial score (nSPS) is 33.3. The summed E-state index contributed by atoms with van der Waals surface area (Å²) in [6, 6.07) is 0. The molecule has 2 aliphatic rings. The Morgan fingerprint density at radius 1 is 1.32 bits per heavy atom. The summed E-state index contributed by atoms with van der Waals surface area (Å²) in [4.78, 5) is 22.5. The Balaban J connectivity index is 1.72. The molecule has 0 aromatic rings. The van der Waals surface area contributed by atoms with E-state index in [9.17, 15) is 9.59 Å². The predicted molar refractivity (Wildman–Crippen MR) is 63.4 cm³/mol. The molecule has 0 spiro atoms. The molecule has 7 heteroatoms. The van der Waals surface area contributed by atoms with Crippen LogP contribution in [0, 0.1) is 0 Å². The van der Waals surface area contributed by atoms with Crippen molar-refractivity contribution in [2.45, 2.75) is 50.8 Å². The van der Waals surface area contributed by atoms with Crippen LogP contribution >= 0.6 is 0 Å². The lowest BCUT2D eigenvalue weighted by atomic mass is 10.2. The summed E-state index contributed by atoms with van der Waals surface area (Å²) >= 11 is 0. The van der Waals surface area contributed by atoms with Gasteiger partial charge < -0.3 is 24.6 Å². The van der Waals surface area contributed by atoms with Crippen LogP contribution in [0.3, 0.4) is 0 Å². The third kappa shape index (κ3) is 3.65. The van der Waals surface area contributed by atoms with Gasteiger partial charge in [-0.05, 0) is 26.7 Å². The van der Waals surface area contributed by atoms with Crippen molar-refractivity contribution in [2.24, 2.45) is 0 Å². The van der Waals surface area contributed by atoms with Gasteiger partial charge in [0.25, 0.3) is 0 Å². The van der Waals surface area contributed by atoms with Crippen LogP contribution in [0.15, 0.2) is 0 Å². The van der Waals surface area contributed by atoms with Gasteiger partial charge >= 0.3 is 5.97 Å². The van der Waals surface area contributed by atoms with Gasteiger partial charge in [0.2, 0.25) is 5.91 Å². The molecular weight excluding hydrogens is 254 g/mol. The molecule has 0 bridgehead atoms. The Morgan fingerprint density at radius 2 is 2.00 bits per heavy atom. The summed E-state index contributed by atoms with van der Waals surface area (Å²) in [6.45, 7) is 4.38. The number of carbonyl (C=O) groups is 2. The highest BCUT2D eigenvalue weighted by molar-refractivity contribution is 5.82.